The number of halogens is 5. The largest absolute Gasteiger partial charge is 0.452 e. The molecule has 0 aliphatic carbocycles. The molecule has 0 fully saturated rings. The second-order valence-electron chi connectivity index (χ2n) is 7.11. The number of nitrogens with zero attached hydrogens (tertiary/aromatic N) is 3. The van der Waals surface area contributed by atoms with Crippen molar-refractivity contribution in [3.8, 4) is 5.75 Å². The molecule has 1 amide bonds. The van der Waals surface area contributed by atoms with E-state index >= 15 is 0 Å². The number of aryl methyl sites for hydroxylation is 1. The van der Waals surface area contributed by atoms with Crippen molar-refractivity contribution in [3.63, 3.8) is 0 Å². The molecule has 35 heavy (non-hydrogen) atoms. The SMILES string of the molecule is Cc1sc(N(Cc2ccc(OC(F)I)cc2)c2ccc(C(F)(F)F)nc2)nc1C(=O)NS(C)(=O)=O. The number of ether oxygens (including phenoxy) is 1. The maximum Gasteiger partial charge on any atom is 0.433 e. The summed E-state index contributed by atoms with van der Waals surface area (Å²) < 4.78 is 80.1. The molecule has 0 aliphatic heterocycles. The molecule has 15 heteroatoms. The van der Waals surface area contributed by atoms with E-state index in [0.29, 0.717) is 10.4 Å². The third-order valence-electron chi connectivity index (χ3n) is 4.35. The van der Waals surface area contributed by atoms with Gasteiger partial charge in [0.05, 0.1) is 24.7 Å². The zero-order chi connectivity index (χ0) is 26.0. The fourth-order valence-electron chi connectivity index (χ4n) is 2.87. The number of carbonyl (C=O) groups is 1. The van der Waals surface area contributed by atoms with Crippen LogP contribution in [0.15, 0.2) is 42.6 Å². The van der Waals surface area contributed by atoms with Crippen molar-refractivity contribution < 1.29 is 35.5 Å². The van der Waals surface area contributed by atoms with Gasteiger partial charge in [0.15, 0.2) is 5.13 Å². The standard InChI is InChI=1S/C20H17F4IN4O4S2/c1-11-16(17(30)28-35(2,31)32)27-19(34-11)29(13-5-8-15(26-9-13)20(22,23)24)10-12-3-6-14(7-4-12)33-18(21)25/h3-9,18H,10H2,1-2H3,(H,28,30). The summed E-state index contributed by atoms with van der Waals surface area (Å²) in [5.74, 6) is -0.651. The van der Waals surface area contributed by atoms with Gasteiger partial charge in [-0.25, -0.2) is 23.1 Å². The maximum absolute atomic E-state index is 13.1. The number of sulfonamides is 1. The average Bonchev–Trinajstić information content (AvgIpc) is 3.12. The van der Waals surface area contributed by atoms with Crippen LogP contribution in [-0.2, 0) is 22.7 Å². The monoisotopic (exact) mass is 644 g/mol. The highest BCUT2D eigenvalue weighted by Gasteiger charge is 2.32. The molecule has 1 atom stereocenters. The number of hydrogen-bond donors (Lipinski definition) is 1. The Labute approximate surface area is 215 Å². The number of aromatic nitrogens is 2. The molecule has 0 bridgehead atoms. The topological polar surface area (TPSA) is 101 Å². The number of rotatable bonds is 8. The van der Waals surface area contributed by atoms with E-state index in [9.17, 15) is 30.8 Å². The number of pyridine rings is 1. The van der Waals surface area contributed by atoms with Crippen LogP contribution in [0.3, 0.4) is 0 Å². The van der Waals surface area contributed by atoms with Crippen molar-refractivity contribution in [2.45, 2.75) is 24.0 Å². The van der Waals surface area contributed by atoms with E-state index < -0.39 is 32.2 Å². The third kappa shape index (κ3) is 7.47. The molecule has 1 unspecified atom stereocenters. The first kappa shape index (κ1) is 27.1. The zero-order valence-corrected chi connectivity index (χ0v) is 21.8. The van der Waals surface area contributed by atoms with Gasteiger partial charge in [0, 0.05) is 27.5 Å². The summed E-state index contributed by atoms with van der Waals surface area (Å²) in [6.45, 7) is 1.65. The summed E-state index contributed by atoms with van der Waals surface area (Å²) in [7, 11) is -3.84. The smallest absolute Gasteiger partial charge is 0.433 e. The lowest BCUT2D eigenvalue weighted by Gasteiger charge is -2.22. The summed E-state index contributed by atoms with van der Waals surface area (Å²) in [6, 6.07) is 8.36. The van der Waals surface area contributed by atoms with Crippen LogP contribution in [0.25, 0.3) is 0 Å². The predicted molar refractivity (Wildman–Crippen MR) is 130 cm³/mol. The van der Waals surface area contributed by atoms with Gasteiger partial charge in [0.1, 0.15) is 17.1 Å². The van der Waals surface area contributed by atoms with Crippen LogP contribution >= 0.6 is 33.9 Å². The third-order valence-corrected chi connectivity index (χ3v) is 6.15. The highest BCUT2D eigenvalue weighted by Crippen LogP contribution is 2.35. The van der Waals surface area contributed by atoms with Gasteiger partial charge < -0.3 is 9.64 Å². The molecule has 0 spiro atoms. The lowest BCUT2D eigenvalue weighted by Crippen LogP contribution is -2.30. The number of carbonyl (C=O) groups excluding carboxylic acids is 1. The molecule has 3 aromatic rings. The van der Waals surface area contributed by atoms with E-state index in [1.807, 2.05) is 4.72 Å². The first-order valence-corrected chi connectivity index (χ1v) is 13.5. The van der Waals surface area contributed by atoms with Gasteiger partial charge in [-0.05, 0) is 36.8 Å². The second kappa shape index (κ2) is 10.6. The fraction of sp³-hybridized carbons (Fsp3) is 0.250. The van der Waals surface area contributed by atoms with Gasteiger partial charge in [-0.3, -0.25) is 4.79 Å². The van der Waals surface area contributed by atoms with Crippen LogP contribution in [0.4, 0.5) is 28.4 Å². The van der Waals surface area contributed by atoms with Crippen molar-refractivity contribution in [3.05, 3.63) is 64.4 Å². The predicted octanol–water partition coefficient (Wildman–Crippen LogP) is 4.96. The molecule has 2 heterocycles. The van der Waals surface area contributed by atoms with E-state index in [0.717, 1.165) is 29.9 Å². The molecule has 3 rings (SSSR count). The molecule has 0 aliphatic rings. The minimum absolute atomic E-state index is 0.0940. The van der Waals surface area contributed by atoms with Gasteiger partial charge in [-0.1, -0.05) is 12.1 Å². The molecule has 0 saturated heterocycles. The van der Waals surface area contributed by atoms with Gasteiger partial charge in [0.25, 0.3) is 10.3 Å². The van der Waals surface area contributed by atoms with Gasteiger partial charge in [-0.2, -0.15) is 17.6 Å². The highest BCUT2D eigenvalue weighted by molar-refractivity contribution is 14.1. The number of amides is 1. The minimum Gasteiger partial charge on any atom is -0.452 e. The molecule has 0 radical (unpaired) electrons. The minimum atomic E-state index is -4.62. The first-order chi connectivity index (χ1) is 16.2. The van der Waals surface area contributed by atoms with Crippen LogP contribution in [0.2, 0.25) is 0 Å². The fourth-order valence-corrected chi connectivity index (χ4v) is 4.52. The normalized spacial score (nSPS) is 12.8. The Morgan fingerprint density at radius 2 is 1.89 bits per heavy atom. The number of nitrogens with one attached hydrogen (secondary N) is 1. The van der Waals surface area contributed by atoms with Crippen molar-refractivity contribution in [2.75, 3.05) is 11.2 Å². The number of anilines is 2. The highest BCUT2D eigenvalue weighted by atomic mass is 127. The van der Waals surface area contributed by atoms with E-state index in [1.54, 1.807) is 19.1 Å². The summed E-state index contributed by atoms with van der Waals surface area (Å²) >= 11 is 2.50. The van der Waals surface area contributed by atoms with Crippen LogP contribution in [0, 0.1) is 6.92 Å². The molecule has 1 aromatic carbocycles. The Balaban J connectivity index is 1.99. The molecular formula is C20H17F4IN4O4S2. The van der Waals surface area contributed by atoms with Crippen molar-refractivity contribution in [1.29, 1.82) is 0 Å². The Bertz CT molecular complexity index is 1300. The van der Waals surface area contributed by atoms with Crippen LogP contribution < -0.4 is 14.4 Å². The molecule has 8 nitrogen and oxygen atoms in total. The molecule has 0 saturated carbocycles. The Morgan fingerprint density at radius 1 is 1.23 bits per heavy atom. The van der Waals surface area contributed by atoms with Gasteiger partial charge in [-0.15, -0.1) is 11.3 Å². The first-order valence-electron chi connectivity index (χ1n) is 9.57. The summed E-state index contributed by atoms with van der Waals surface area (Å²) in [4.78, 5) is 22.0. The van der Waals surface area contributed by atoms with Crippen LogP contribution in [-0.4, -0.2) is 34.9 Å². The number of benzene rings is 1. The molecule has 2 aromatic heterocycles. The lowest BCUT2D eigenvalue weighted by atomic mass is 10.2. The van der Waals surface area contributed by atoms with E-state index in [2.05, 4.69) is 9.97 Å². The molecular weight excluding hydrogens is 627 g/mol. The summed E-state index contributed by atoms with van der Waals surface area (Å²) in [5, 5.41) is 0.221. The summed E-state index contributed by atoms with van der Waals surface area (Å²) in [5.41, 5.74) is -0.305. The Morgan fingerprint density at radius 3 is 2.40 bits per heavy atom. The quantitative estimate of drug-likeness (QED) is 0.210. The lowest BCUT2D eigenvalue weighted by molar-refractivity contribution is -0.141. The summed E-state index contributed by atoms with van der Waals surface area (Å²) in [6.07, 6.45) is -2.78. The van der Waals surface area contributed by atoms with E-state index in [1.165, 1.54) is 45.7 Å². The molecule has 1 N–H and O–H groups in total. The van der Waals surface area contributed by atoms with Crippen LogP contribution in [0.1, 0.15) is 26.6 Å². The second-order valence-corrected chi connectivity index (χ2v) is 11.0. The van der Waals surface area contributed by atoms with Gasteiger partial charge in [0.2, 0.25) is 10.0 Å². The maximum atomic E-state index is 13.1. The van der Waals surface area contributed by atoms with Gasteiger partial charge >= 0.3 is 6.18 Å². The average molecular weight is 644 g/mol. The number of thiazole rings is 1. The van der Waals surface area contributed by atoms with Crippen LogP contribution in [0.5, 0.6) is 5.75 Å². The number of alkyl halides is 5. The van der Waals surface area contributed by atoms with E-state index in [-0.39, 0.29) is 28.8 Å². The Kier molecular flexibility index (Phi) is 8.21. The Hall–Kier alpha value is -2.53. The zero-order valence-electron chi connectivity index (χ0n) is 18.0. The van der Waals surface area contributed by atoms with E-state index in [4.69, 9.17) is 4.74 Å². The van der Waals surface area contributed by atoms with Crippen molar-refractivity contribution in [1.82, 2.24) is 14.7 Å². The number of hydrogen-bond acceptors (Lipinski definition) is 8. The van der Waals surface area contributed by atoms with Crippen molar-refractivity contribution >= 4 is 60.7 Å². The van der Waals surface area contributed by atoms with Crippen molar-refractivity contribution in [2.24, 2.45) is 0 Å². The molecule has 188 valence electrons.